The summed E-state index contributed by atoms with van der Waals surface area (Å²) in [6.45, 7) is 8.21. The Kier molecular flexibility index (Phi) is 5.48. The van der Waals surface area contributed by atoms with Gasteiger partial charge in [0.05, 0.1) is 0 Å². The molecule has 1 heterocycles. The molecule has 0 spiro atoms. The summed E-state index contributed by atoms with van der Waals surface area (Å²) in [7, 11) is 0. The van der Waals surface area contributed by atoms with Gasteiger partial charge in [0.15, 0.2) is 0 Å². The predicted octanol–water partition coefficient (Wildman–Crippen LogP) is 4.24. The van der Waals surface area contributed by atoms with E-state index >= 15 is 0 Å². The van der Waals surface area contributed by atoms with Crippen LogP contribution in [0.15, 0.2) is 24.3 Å². The summed E-state index contributed by atoms with van der Waals surface area (Å²) in [4.78, 5) is 2.58. The highest BCUT2D eigenvalue weighted by molar-refractivity contribution is 6.30. The van der Waals surface area contributed by atoms with Crippen LogP contribution in [0.5, 0.6) is 0 Å². The molecule has 1 fully saturated rings. The van der Waals surface area contributed by atoms with Crippen molar-refractivity contribution < 1.29 is 0 Å². The molecule has 0 amide bonds. The number of nitrogens with zero attached hydrogens (tertiary/aromatic N) is 1. The van der Waals surface area contributed by atoms with E-state index in [1.54, 1.807) is 0 Å². The second kappa shape index (κ2) is 6.93. The molecule has 1 atom stereocenters. The van der Waals surface area contributed by atoms with Gasteiger partial charge in [-0.25, -0.2) is 0 Å². The quantitative estimate of drug-likeness (QED) is 0.850. The molecular weight excluding hydrogens is 268 g/mol. The molecule has 0 bridgehead atoms. The van der Waals surface area contributed by atoms with Gasteiger partial charge in [-0.05, 0) is 61.9 Å². The number of benzene rings is 1. The Balaban J connectivity index is 1.84. The number of nitrogens with two attached hydrogens (primary N) is 1. The lowest BCUT2D eigenvalue weighted by atomic mass is 9.82. The molecule has 0 aliphatic carbocycles. The van der Waals surface area contributed by atoms with Crippen molar-refractivity contribution in [2.75, 3.05) is 19.6 Å². The Labute approximate surface area is 128 Å². The summed E-state index contributed by atoms with van der Waals surface area (Å²) in [6, 6.07) is 8.02. The van der Waals surface area contributed by atoms with Gasteiger partial charge in [-0.15, -0.1) is 0 Å². The van der Waals surface area contributed by atoms with E-state index in [-0.39, 0.29) is 6.04 Å². The van der Waals surface area contributed by atoms with Crippen molar-refractivity contribution in [2.45, 2.75) is 45.6 Å². The summed E-state index contributed by atoms with van der Waals surface area (Å²) in [5, 5.41) is 0.773. The van der Waals surface area contributed by atoms with Gasteiger partial charge in [-0.1, -0.05) is 37.6 Å². The normalized spacial score (nSPS) is 20.2. The fraction of sp³-hybridized carbons (Fsp3) is 0.647. The zero-order chi connectivity index (χ0) is 14.6. The third kappa shape index (κ3) is 3.75. The topological polar surface area (TPSA) is 29.3 Å². The van der Waals surface area contributed by atoms with Crippen LogP contribution in [0.2, 0.25) is 5.02 Å². The van der Waals surface area contributed by atoms with Crippen LogP contribution in [0.1, 0.15) is 51.1 Å². The molecule has 1 aromatic carbocycles. The Morgan fingerprint density at radius 3 is 2.70 bits per heavy atom. The fourth-order valence-corrected chi connectivity index (χ4v) is 3.47. The summed E-state index contributed by atoms with van der Waals surface area (Å²) < 4.78 is 0. The van der Waals surface area contributed by atoms with Crippen LogP contribution in [-0.2, 0) is 0 Å². The van der Waals surface area contributed by atoms with Crippen LogP contribution < -0.4 is 5.73 Å². The van der Waals surface area contributed by atoms with E-state index in [0.29, 0.717) is 5.41 Å². The first-order valence-electron chi connectivity index (χ1n) is 7.82. The SMILES string of the molecule is CCC1(CC)CCN(CCC(N)c2cccc(Cl)c2)C1. The van der Waals surface area contributed by atoms with Gasteiger partial charge in [0, 0.05) is 17.6 Å². The molecule has 1 aliphatic rings. The molecule has 1 aromatic rings. The zero-order valence-electron chi connectivity index (χ0n) is 12.7. The average molecular weight is 295 g/mol. The zero-order valence-corrected chi connectivity index (χ0v) is 13.5. The van der Waals surface area contributed by atoms with Gasteiger partial charge >= 0.3 is 0 Å². The first-order valence-corrected chi connectivity index (χ1v) is 8.20. The minimum atomic E-state index is 0.0898. The Morgan fingerprint density at radius 2 is 2.10 bits per heavy atom. The standard InChI is InChI=1S/C17H27ClN2/c1-3-17(4-2)9-11-20(13-17)10-8-16(19)14-6-5-7-15(18)12-14/h5-7,12,16H,3-4,8-11,13,19H2,1-2H3. The number of halogens is 1. The summed E-state index contributed by atoms with van der Waals surface area (Å²) >= 11 is 6.03. The van der Waals surface area contributed by atoms with E-state index in [2.05, 4.69) is 24.8 Å². The van der Waals surface area contributed by atoms with Crippen LogP contribution in [0, 0.1) is 5.41 Å². The average Bonchev–Trinajstić information content (AvgIpc) is 2.89. The minimum Gasteiger partial charge on any atom is -0.324 e. The van der Waals surface area contributed by atoms with Crippen LogP contribution >= 0.6 is 11.6 Å². The van der Waals surface area contributed by atoms with Gasteiger partial charge in [0.1, 0.15) is 0 Å². The van der Waals surface area contributed by atoms with Crippen molar-refractivity contribution in [2.24, 2.45) is 11.1 Å². The van der Waals surface area contributed by atoms with Crippen molar-refractivity contribution in [3.05, 3.63) is 34.9 Å². The lowest BCUT2D eigenvalue weighted by Crippen LogP contribution is -2.29. The highest BCUT2D eigenvalue weighted by Gasteiger charge is 2.34. The Bertz CT molecular complexity index is 429. The number of hydrogen-bond donors (Lipinski definition) is 1. The van der Waals surface area contributed by atoms with E-state index in [1.807, 2.05) is 18.2 Å². The van der Waals surface area contributed by atoms with Crippen LogP contribution in [-0.4, -0.2) is 24.5 Å². The van der Waals surface area contributed by atoms with Gasteiger partial charge in [0.2, 0.25) is 0 Å². The molecule has 1 unspecified atom stereocenters. The van der Waals surface area contributed by atoms with E-state index in [0.717, 1.165) is 23.6 Å². The molecule has 3 heteroatoms. The molecule has 1 aliphatic heterocycles. The van der Waals surface area contributed by atoms with Crippen molar-refractivity contribution in [3.63, 3.8) is 0 Å². The third-order valence-corrected chi connectivity index (χ3v) is 5.29. The third-order valence-electron chi connectivity index (χ3n) is 5.05. The van der Waals surface area contributed by atoms with E-state index in [9.17, 15) is 0 Å². The number of hydrogen-bond acceptors (Lipinski definition) is 2. The van der Waals surface area contributed by atoms with Crippen molar-refractivity contribution in [1.29, 1.82) is 0 Å². The molecule has 2 nitrogen and oxygen atoms in total. The van der Waals surface area contributed by atoms with E-state index in [1.165, 1.54) is 32.4 Å². The Hall–Kier alpha value is -0.570. The largest absolute Gasteiger partial charge is 0.324 e. The lowest BCUT2D eigenvalue weighted by Gasteiger charge is -2.27. The van der Waals surface area contributed by atoms with E-state index < -0.39 is 0 Å². The van der Waals surface area contributed by atoms with Gasteiger partial charge in [0.25, 0.3) is 0 Å². The highest BCUT2D eigenvalue weighted by atomic mass is 35.5. The molecule has 2 N–H and O–H groups in total. The second-order valence-corrected chi connectivity index (χ2v) is 6.62. The van der Waals surface area contributed by atoms with Crippen molar-refractivity contribution >= 4 is 11.6 Å². The molecule has 1 saturated heterocycles. The summed E-state index contributed by atoms with van der Waals surface area (Å²) in [5.41, 5.74) is 7.99. The number of likely N-dealkylation sites (tertiary alicyclic amines) is 1. The van der Waals surface area contributed by atoms with Crippen LogP contribution in [0.25, 0.3) is 0 Å². The second-order valence-electron chi connectivity index (χ2n) is 6.18. The monoisotopic (exact) mass is 294 g/mol. The maximum atomic E-state index is 6.29. The molecule has 2 rings (SSSR count). The van der Waals surface area contributed by atoms with Gasteiger partial charge < -0.3 is 10.6 Å². The highest BCUT2D eigenvalue weighted by Crippen LogP contribution is 2.37. The van der Waals surface area contributed by atoms with Gasteiger partial charge in [-0.2, -0.15) is 0 Å². The Morgan fingerprint density at radius 1 is 1.35 bits per heavy atom. The predicted molar refractivity (Wildman–Crippen MR) is 87.1 cm³/mol. The minimum absolute atomic E-state index is 0.0898. The maximum Gasteiger partial charge on any atom is 0.0409 e. The first kappa shape index (κ1) is 15.8. The van der Waals surface area contributed by atoms with Gasteiger partial charge in [-0.3, -0.25) is 0 Å². The molecule has 20 heavy (non-hydrogen) atoms. The molecule has 112 valence electrons. The molecular formula is C17H27ClN2. The first-order chi connectivity index (χ1) is 9.58. The fourth-order valence-electron chi connectivity index (χ4n) is 3.27. The van der Waals surface area contributed by atoms with E-state index in [4.69, 9.17) is 17.3 Å². The molecule has 0 saturated carbocycles. The number of rotatable bonds is 6. The summed E-state index contributed by atoms with van der Waals surface area (Å²) in [6.07, 6.45) is 4.93. The maximum absolute atomic E-state index is 6.29. The van der Waals surface area contributed by atoms with Crippen LogP contribution in [0.4, 0.5) is 0 Å². The molecule has 0 aromatic heterocycles. The van der Waals surface area contributed by atoms with Crippen LogP contribution in [0.3, 0.4) is 0 Å². The smallest absolute Gasteiger partial charge is 0.0409 e. The lowest BCUT2D eigenvalue weighted by molar-refractivity contribution is 0.236. The van der Waals surface area contributed by atoms with Crippen molar-refractivity contribution in [1.82, 2.24) is 4.90 Å². The summed E-state index contributed by atoms with van der Waals surface area (Å²) in [5.74, 6) is 0. The van der Waals surface area contributed by atoms with Crippen molar-refractivity contribution in [3.8, 4) is 0 Å². The molecule has 0 radical (unpaired) electrons.